The topological polar surface area (TPSA) is 32.3 Å². The van der Waals surface area contributed by atoms with Gasteiger partial charge in [-0.25, -0.2) is 0 Å². The molecule has 1 aliphatic rings. The first-order valence-corrected chi connectivity index (χ1v) is 5.67. The van der Waals surface area contributed by atoms with Gasteiger partial charge in [-0.15, -0.1) is 0 Å². The highest BCUT2D eigenvalue weighted by Gasteiger charge is 2.17. The first-order valence-electron chi connectivity index (χ1n) is 4.63. The molecule has 72 valence electrons. The second-order valence-electron chi connectivity index (χ2n) is 4.08. The van der Waals surface area contributed by atoms with Gasteiger partial charge < -0.3 is 10.4 Å². The summed E-state index contributed by atoms with van der Waals surface area (Å²) in [7, 11) is 0. The minimum absolute atomic E-state index is 0.566. The van der Waals surface area contributed by atoms with Crippen molar-refractivity contribution in [1.29, 1.82) is 0 Å². The van der Waals surface area contributed by atoms with Crippen molar-refractivity contribution in [3.8, 4) is 0 Å². The summed E-state index contributed by atoms with van der Waals surface area (Å²) in [5, 5.41) is 13.5. The molecule has 1 atom stereocenters. The molecule has 0 bridgehead atoms. The van der Waals surface area contributed by atoms with Crippen LogP contribution >= 0.6 is 11.8 Å². The van der Waals surface area contributed by atoms with Crippen molar-refractivity contribution in [2.24, 2.45) is 0 Å². The van der Waals surface area contributed by atoms with Crippen molar-refractivity contribution in [3.63, 3.8) is 0 Å². The summed E-state index contributed by atoms with van der Waals surface area (Å²) in [6.45, 7) is 5.42. The van der Waals surface area contributed by atoms with E-state index in [-0.39, 0.29) is 0 Å². The largest absolute Gasteiger partial charge is 0.389 e. The summed E-state index contributed by atoms with van der Waals surface area (Å²) >= 11 is 2.05. The van der Waals surface area contributed by atoms with E-state index < -0.39 is 5.60 Å². The van der Waals surface area contributed by atoms with E-state index in [4.69, 9.17) is 0 Å². The Morgan fingerprint density at radius 1 is 1.58 bits per heavy atom. The lowest BCUT2D eigenvalue weighted by molar-refractivity contribution is 0.0801. The fraction of sp³-hybridized carbons (Fsp3) is 1.00. The van der Waals surface area contributed by atoms with Gasteiger partial charge in [0.05, 0.1) is 5.60 Å². The van der Waals surface area contributed by atoms with Gasteiger partial charge in [-0.2, -0.15) is 11.8 Å². The molecular formula is C9H19NOS. The Kier molecular flexibility index (Phi) is 3.87. The molecule has 1 fully saturated rings. The molecular weight excluding hydrogens is 170 g/mol. The average molecular weight is 189 g/mol. The zero-order valence-electron chi connectivity index (χ0n) is 7.97. The molecule has 2 N–H and O–H groups in total. The number of rotatable bonds is 4. The van der Waals surface area contributed by atoms with Crippen LogP contribution in [0.3, 0.4) is 0 Å². The molecule has 0 aliphatic carbocycles. The van der Waals surface area contributed by atoms with Gasteiger partial charge in [0.1, 0.15) is 0 Å². The zero-order chi connectivity index (χ0) is 9.03. The Labute approximate surface area is 79.1 Å². The summed E-state index contributed by atoms with van der Waals surface area (Å²) in [5.41, 5.74) is -0.566. The summed E-state index contributed by atoms with van der Waals surface area (Å²) in [6.07, 6.45) is 2.70. The fourth-order valence-corrected chi connectivity index (χ4v) is 2.58. The first kappa shape index (κ1) is 10.4. The van der Waals surface area contributed by atoms with Crippen LogP contribution in [0.25, 0.3) is 0 Å². The van der Waals surface area contributed by atoms with Gasteiger partial charge in [-0.3, -0.25) is 0 Å². The van der Waals surface area contributed by atoms with Crippen LogP contribution in [0, 0.1) is 0 Å². The third kappa shape index (κ3) is 4.33. The van der Waals surface area contributed by atoms with Crippen molar-refractivity contribution in [1.82, 2.24) is 5.32 Å². The summed E-state index contributed by atoms with van der Waals surface area (Å²) in [6, 6.07) is 0. The van der Waals surface area contributed by atoms with Gasteiger partial charge in [-0.05, 0) is 32.4 Å². The Morgan fingerprint density at radius 3 is 2.83 bits per heavy atom. The number of hydrogen-bond donors (Lipinski definition) is 2. The quantitative estimate of drug-likeness (QED) is 0.698. The predicted molar refractivity (Wildman–Crippen MR) is 54.6 cm³/mol. The molecule has 0 spiro atoms. The maximum atomic E-state index is 9.42. The molecule has 1 saturated heterocycles. The van der Waals surface area contributed by atoms with Gasteiger partial charge in [0.15, 0.2) is 0 Å². The minimum Gasteiger partial charge on any atom is -0.389 e. The Hall–Kier alpha value is 0.270. The Bertz CT molecular complexity index is 127. The molecule has 12 heavy (non-hydrogen) atoms. The van der Waals surface area contributed by atoms with Crippen LogP contribution in [0.5, 0.6) is 0 Å². The molecule has 1 unspecified atom stereocenters. The summed E-state index contributed by atoms with van der Waals surface area (Å²) in [5.74, 6) is 1.31. The number of hydrogen-bond acceptors (Lipinski definition) is 3. The van der Waals surface area contributed by atoms with Crippen LogP contribution in [0.4, 0.5) is 0 Å². The number of aliphatic hydroxyl groups is 1. The Balaban J connectivity index is 2.02. The first-order chi connectivity index (χ1) is 5.58. The van der Waals surface area contributed by atoms with E-state index in [1.54, 1.807) is 0 Å². The highest BCUT2D eigenvalue weighted by molar-refractivity contribution is 8.00. The molecule has 0 aromatic heterocycles. The third-order valence-corrected chi connectivity index (χ3v) is 3.35. The van der Waals surface area contributed by atoms with Gasteiger partial charge in [-0.1, -0.05) is 0 Å². The standard InChI is InChI=1S/C9H19NOS/c1-9(2,11)7-10-6-8-4-3-5-12-8/h8,10-11H,3-7H2,1-2H3. The average Bonchev–Trinajstić information content (AvgIpc) is 2.36. The molecule has 1 rings (SSSR count). The van der Waals surface area contributed by atoms with Crippen molar-refractivity contribution in [2.75, 3.05) is 18.8 Å². The molecule has 2 nitrogen and oxygen atoms in total. The van der Waals surface area contributed by atoms with E-state index >= 15 is 0 Å². The van der Waals surface area contributed by atoms with E-state index in [0.29, 0.717) is 6.54 Å². The lowest BCUT2D eigenvalue weighted by Crippen LogP contribution is -2.37. The maximum absolute atomic E-state index is 9.42. The highest BCUT2D eigenvalue weighted by Crippen LogP contribution is 2.25. The van der Waals surface area contributed by atoms with E-state index in [1.807, 2.05) is 25.6 Å². The summed E-state index contributed by atoms with van der Waals surface area (Å²) in [4.78, 5) is 0. The van der Waals surface area contributed by atoms with Crippen LogP contribution in [-0.4, -0.2) is 34.8 Å². The van der Waals surface area contributed by atoms with Gasteiger partial charge in [0, 0.05) is 18.3 Å². The van der Waals surface area contributed by atoms with Crippen LogP contribution in [0.15, 0.2) is 0 Å². The molecule has 3 heteroatoms. The lowest BCUT2D eigenvalue weighted by Gasteiger charge is -2.19. The highest BCUT2D eigenvalue weighted by atomic mass is 32.2. The van der Waals surface area contributed by atoms with Gasteiger partial charge in [0.2, 0.25) is 0 Å². The van der Waals surface area contributed by atoms with Gasteiger partial charge in [0.25, 0.3) is 0 Å². The second kappa shape index (κ2) is 4.49. The van der Waals surface area contributed by atoms with Crippen molar-refractivity contribution < 1.29 is 5.11 Å². The van der Waals surface area contributed by atoms with Crippen LogP contribution < -0.4 is 5.32 Å². The molecule has 1 heterocycles. The van der Waals surface area contributed by atoms with E-state index in [1.165, 1.54) is 18.6 Å². The Morgan fingerprint density at radius 2 is 2.33 bits per heavy atom. The summed E-state index contributed by atoms with van der Waals surface area (Å²) < 4.78 is 0. The fourth-order valence-electron chi connectivity index (χ4n) is 1.34. The van der Waals surface area contributed by atoms with Crippen LogP contribution in [0.1, 0.15) is 26.7 Å². The molecule has 0 saturated carbocycles. The predicted octanol–water partition coefficient (Wildman–Crippen LogP) is 1.24. The monoisotopic (exact) mass is 189 g/mol. The molecule has 1 aliphatic heterocycles. The second-order valence-corrected chi connectivity index (χ2v) is 5.49. The van der Waals surface area contributed by atoms with E-state index in [9.17, 15) is 5.11 Å². The number of nitrogens with one attached hydrogen (secondary N) is 1. The van der Waals surface area contributed by atoms with Crippen LogP contribution in [0.2, 0.25) is 0 Å². The third-order valence-electron chi connectivity index (χ3n) is 1.95. The normalized spacial score (nSPS) is 24.8. The van der Waals surface area contributed by atoms with E-state index in [0.717, 1.165) is 11.8 Å². The molecule has 0 radical (unpaired) electrons. The molecule has 0 aromatic carbocycles. The lowest BCUT2D eigenvalue weighted by atomic mass is 10.1. The molecule has 0 amide bonds. The zero-order valence-corrected chi connectivity index (χ0v) is 8.78. The number of thioether (sulfide) groups is 1. The van der Waals surface area contributed by atoms with E-state index in [2.05, 4.69) is 5.32 Å². The minimum atomic E-state index is -0.566. The molecule has 0 aromatic rings. The van der Waals surface area contributed by atoms with Crippen LogP contribution in [-0.2, 0) is 0 Å². The SMILES string of the molecule is CC(C)(O)CNCC1CCCS1. The van der Waals surface area contributed by atoms with Crippen molar-refractivity contribution >= 4 is 11.8 Å². The van der Waals surface area contributed by atoms with Crippen molar-refractivity contribution in [3.05, 3.63) is 0 Å². The van der Waals surface area contributed by atoms with Crippen molar-refractivity contribution in [2.45, 2.75) is 37.5 Å². The maximum Gasteiger partial charge on any atom is 0.0715 e. The van der Waals surface area contributed by atoms with Gasteiger partial charge >= 0.3 is 0 Å². The smallest absolute Gasteiger partial charge is 0.0715 e.